The zero-order chi connectivity index (χ0) is 22.0. The third kappa shape index (κ3) is 2.95. The molecule has 10 heteroatoms. The van der Waals surface area contributed by atoms with Gasteiger partial charge < -0.3 is 20.2 Å². The van der Waals surface area contributed by atoms with Crippen LogP contribution in [0.2, 0.25) is 5.02 Å². The Hall–Kier alpha value is -2.91. The molecular weight excluding hydrogens is 435 g/mol. The predicted octanol–water partition coefficient (Wildman–Crippen LogP) is 3.25. The summed E-state index contributed by atoms with van der Waals surface area (Å²) in [6.07, 6.45) is 5.36. The number of carbonyl (C=O) groups excluding carboxylic acids is 1. The Kier molecular flexibility index (Phi) is 4.35. The summed E-state index contributed by atoms with van der Waals surface area (Å²) in [5.41, 5.74) is 1.49. The van der Waals surface area contributed by atoms with Gasteiger partial charge in [-0.15, -0.1) is 0 Å². The number of likely N-dealkylation sites (tertiary alicyclic amines) is 1. The van der Waals surface area contributed by atoms with Crippen molar-refractivity contribution in [2.45, 2.75) is 30.9 Å². The van der Waals surface area contributed by atoms with Crippen LogP contribution in [-0.4, -0.2) is 56.4 Å². The van der Waals surface area contributed by atoms with E-state index in [1.807, 2.05) is 12.3 Å². The molecule has 2 saturated heterocycles. The normalized spacial score (nSPS) is 26.6. The number of amides is 2. The van der Waals surface area contributed by atoms with E-state index in [0.29, 0.717) is 41.8 Å². The smallest absolute Gasteiger partial charge is 0.322 e. The number of aliphatic hydroxyl groups is 1. The van der Waals surface area contributed by atoms with Crippen molar-refractivity contribution < 1.29 is 14.3 Å². The van der Waals surface area contributed by atoms with E-state index in [-0.39, 0.29) is 17.4 Å². The summed E-state index contributed by atoms with van der Waals surface area (Å²) in [4.78, 5) is 21.2. The van der Waals surface area contributed by atoms with E-state index < -0.39 is 6.10 Å². The highest BCUT2D eigenvalue weighted by Gasteiger charge is 2.64. The minimum atomic E-state index is -0.484. The van der Waals surface area contributed by atoms with E-state index in [2.05, 4.69) is 15.3 Å². The molecule has 6 rings (SSSR count). The molecule has 1 saturated carbocycles. The number of fused-ring (bicyclic) bond motifs is 2. The first kappa shape index (κ1) is 19.8. The molecule has 2 aliphatic heterocycles. The van der Waals surface area contributed by atoms with Crippen molar-refractivity contribution in [2.24, 2.45) is 5.92 Å². The van der Waals surface area contributed by atoms with Crippen LogP contribution in [0, 0.1) is 11.7 Å². The first-order valence-corrected chi connectivity index (χ1v) is 11.1. The molecule has 0 spiro atoms. The minimum Gasteiger partial charge on any atom is -0.391 e. The molecule has 3 aliphatic rings. The second-order valence-corrected chi connectivity index (χ2v) is 9.23. The molecule has 8 nitrogen and oxygen atoms in total. The van der Waals surface area contributed by atoms with Gasteiger partial charge in [-0.25, -0.2) is 18.7 Å². The van der Waals surface area contributed by atoms with Gasteiger partial charge in [-0.05, 0) is 55.0 Å². The number of nitrogens with zero attached hydrogens (tertiary/aromatic N) is 5. The van der Waals surface area contributed by atoms with E-state index in [1.165, 1.54) is 12.1 Å². The van der Waals surface area contributed by atoms with E-state index in [0.717, 1.165) is 30.8 Å². The van der Waals surface area contributed by atoms with Crippen LogP contribution >= 0.6 is 11.6 Å². The van der Waals surface area contributed by atoms with E-state index in [1.54, 1.807) is 21.7 Å². The quantitative estimate of drug-likeness (QED) is 0.632. The van der Waals surface area contributed by atoms with Crippen molar-refractivity contribution in [2.75, 3.05) is 29.9 Å². The number of urea groups is 1. The van der Waals surface area contributed by atoms with Gasteiger partial charge in [0.15, 0.2) is 5.65 Å². The molecular formula is C22H22ClFN6O2. The summed E-state index contributed by atoms with van der Waals surface area (Å²) >= 11 is 6.48. The maximum Gasteiger partial charge on any atom is 0.322 e. The van der Waals surface area contributed by atoms with Crippen LogP contribution < -0.4 is 10.2 Å². The molecule has 4 heterocycles. The molecule has 166 valence electrons. The minimum absolute atomic E-state index is 0.282. The summed E-state index contributed by atoms with van der Waals surface area (Å²) in [7, 11) is 0. The van der Waals surface area contributed by atoms with Gasteiger partial charge in [0, 0.05) is 30.9 Å². The molecule has 3 aromatic rings. The van der Waals surface area contributed by atoms with Crippen LogP contribution in [0.5, 0.6) is 0 Å². The third-order valence-corrected chi connectivity index (χ3v) is 7.30. The number of carbonyl (C=O) groups is 1. The monoisotopic (exact) mass is 456 g/mol. The largest absolute Gasteiger partial charge is 0.391 e. The zero-order valence-electron chi connectivity index (χ0n) is 17.2. The lowest BCUT2D eigenvalue weighted by atomic mass is 10.0. The molecule has 32 heavy (non-hydrogen) atoms. The molecule has 1 aromatic carbocycles. The van der Waals surface area contributed by atoms with Gasteiger partial charge in [0.05, 0.1) is 17.8 Å². The number of aliphatic hydroxyl groups excluding tert-OH is 1. The van der Waals surface area contributed by atoms with Gasteiger partial charge in [-0.3, -0.25) is 0 Å². The van der Waals surface area contributed by atoms with Crippen molar-refractivity contribution in [3.63, 3.8) is 0 Å². The topological polar surface area (TPSA) is 86.0 Å². The summed E-state index contributed by atoms with van der Waals surface area (Å²) < 4.78 is 15.7. The fraction of sp³-hybridized carbons (Fsp3) is 0.409. The number of rotatable bonds is 3. The number of piperidine rings is 1. The molecule has 0 radical (unpaired) electrons. The summed E-state index contributed by atoms with van der Waals surface area (Å²) in [6, 6.07) is 6.13. The average molecular weight is 457 g/mol. The third-order valence-electron chi connectivity index (χ3n) is 6.97. The van der Waals surface area contributed by atoms with Crippen molar-refractivity contribution in [1.82, 2.24) is 19.5 Å². The Morgan fingerprint density at radius 3 is 2.94 bits per heavy atom. The number of benzene rings is 1. The summed E-state index contributed by atoms with van der Waals surface area (Å²) in [5, 5.41) is 17.4. The van der Waals surface area contributed by atoms with E-state index >= 15 is 0 Å². The standard InChI is InChI=1S/C22H22ClFN6O2/c23-17-2-1-14(24)9-16(17)22-10-13(22)3-7-29(22)19-5-8-30-20(27-19)18(11-25-30)26-21(32)28-6-4-15(31)12-28/h1-2,5,8-9,11,13,15,31H,3-4,6-7,10,12H2,(H,26,32)/t13-,15+,22+/m0/s1. The highest BCUT2D eigenvalue weighted by atomic mass is 35.5. The Labute approximate surface area is 188 Å². The van der Waals surface area contributed by atoms with Crippen molar-refractivity contribution >= 4 is 34.8 Å². The average Bonchev–Trinajstić information content (AvgIpc) is 3.10. The SMILES string of the molecule is O=C(Nc1cnn2ccc(N3CC[C@H]4C[C@]43c3cc(F)ccc3Cl)nc12)N1CC[C@@H](O)C1. The highest BCUT2D eigenvalue weighted by Crippen LogP contribution is 2.64. The van der Waals surface area contributed by atoms with E-state index in [4.69, 9.17) is 16.6 Å². The second-order valence-electron chi connectivity index (χ2n) is 8.82. The lowest BCUT2D eigenvalue weighted by Crippen LogP contribution is -2.34. The van der Waals surface area contributed by atoms with Gasteiger partial charge in [0.25, 0.3) is 0 Å². The Balaban J connectivity index is 1.33. The number of hydrogen-bond donors (Lipinski definition) is 2. The molecule has 2 N–H and O–H groups in total. The van der Waals surface area contributed by atoms with Crippen LogP contribution in [0.3, 0.4) is 0 Å². The number of nitrogens with one attached hydrogen (secondary N) is 1. The van der Waals surface area contributed by atoms with Crippen molar-refractivity contribution in [3.8, 4) is 0 Å². The van der Waals surface area contributed by atoms with Crippen LogP contribution in [0.15, 0.2) is 36.7 Å². The lowest BCUT2D eigenvalue weighted by molar-refractivity contribution is 0.176. The molecule has 1 aliphatic carbocycles. The maximum absolute atomic E-state index is 14.0. The van der Waals surface area contributed by atoms with Crippen molar-refractivity contribution in [3.05, 3.63) is 53.1 Å². The number of anilines is 2. The zero-order valence-corrected chi connectivity index (χ0v) is 18.0. The molecule has 2 aromatic heterocycles. The Morgan fingerprint density at radius 1 is 1.28 bits per heavy atom. The summed E-state index contributed by atoms with van der Waals surface area (Å²) in [6.45, 7) is 1.62. The molecule has 0 bridgehead atoms. The number of β-amino-alcohol motifs (C(OH)–C–C–N with tert-alkyl or cyclic N) is 1. The van der Waals surface area contributed by atoms with E-state index in [9.17, 15) is 14.3 Å². The number of hydrogen-bond acceptors (Lipinski definition) is 5. The van der Waals surface area contributed by atoms with Gasteiger partial charge in [0.1, 0.15) is 17.3 Å². The van der Waals surface area contributed by atoms with Crippen LogP contribution in [0.25, 0.3) is 5.65 Å². The Morgan fingerprint density at radius 2 is 2.16 bits per heavy atom. The molecule has 3 fully saturated rings. The molecule has 0 unspecified atom stereocenters. The van der Waals surface area contributed by atoms with Gasteiger partial charge in [-0.2, -0.15) is 5.10 Å². The van der Waals surface area contributed by atoms with Gasteiger partial charge in [-0.1, -0.05) is 11.6 Å². The number of halogens is 2. The first-order valence-electron chi connectivity index (χ1n) is 10.8. The molecule has 2 amide bonds. The van der Waals surface area contributed by atoms with Crippen LogP contribution in [0.1, 0.15) is 24.8 Å². The lowest BCUT2D eigenvalue weighted by Gasteiger charge is -2.30. The molecule has 3 atom stereocenters. The second kappa shape index (κ2) is 7.05. The first-order chi connectivity index (χ1) is 15.5. The van der Waals surface area contributed by atoms with Crippen LogP contribution in [-0.2, 0) is 5.54 Å². The fourth-order valence-corrected chi connectivity index (χ4v) is 5.60. The maximum atomic E-state index is 14.0. The van der Waals surface area contributed by atoms with Crippen molar-refractivity contribution in [1.29, 1.82) is 0 Å². The highest BCUT2D eigenvalue weighted by molar-refractivity contribution is 6.31. The fourth-order valence-electron chi connectivity index (χ4n) is 5.31. The number of aromatic nitrogens is 3. The predicted molar refractivity (Wildman–Crippen MR) is 117 cm³/mol. The summed E-state index contributed by atoms with van der Waals surface area (Å²) in [5.74, 6) is 0.850. The van der Waals surface area contributed by atoms with Gasteiger partial charge in [0.2, 0.25) is 0 Å². The van der Waals surface area contributed by atoms with Gasteiger partial charge >= 0.3 is 6.03 Å². The van der Waals surface area contributed by atoms with Crippen LogP contribution in [0.4, 0.5) is 20.7 Å². The Bertz CT molecular complexity index is 1230.